The lowest BCUT2D eigenvalue weighted by atomic mass is 10.0. The summed E-state index contributed by atoms with van der Waals surface area (Å²) in [4.78, 5) is 0. The van der Waals surface area contributed by atoms with Crippen LogP contribution in [0.25, 0.3) is 0 Å². The van der Waals surface area contributed by atoms with E-state index >= 15 is 0 Å². The van der Waals surface area contributed by atoms with Gasteiger partial charge in [0.05, 0.1) is 6.10 Å². The van der Waals surface area contributed by atoms with Crippen molar-refractivity contribution in [2.75, 3.05) is 0 Å². The Morgan fingerprint density at radius 3 is 2.00 bits per heavy atom. The summed E-state index contributed by atoms with van der Waals surface area (Å²) in [6.07, 6.45) is 3.52. The zero-order chi connectivity index (χ0) is 11.1. The Morgan fingerprint density at radius 1 is 1.00 bits per heavy atom. The van der Waals surface area contributed by atoms with Crippen LogP contribution < -0.4 is 5.32 Å². The van der Waals surface area contributed by atoms with Gasteiger partial charge in [-0.1, -0.05) is 26.7 Å². The zero-order valence-electron chi connectivity index (χ0n) is 10.4. The zero-order valence-corrected chi connectivity index (χ0v) is 10.4. The summed E-state index contributed by atoms with van der Waals surface area (Å²) in [6, 6.07) is 0.711. The van der Waals surface area contributed by atoms with Gasteiger partial charge in [-0.3, -0.25) is 0 Å². The van der Waals surface area contributed by atoms with Gasteiger partial charge in [0, 0.05) is 12.1 Å². The highest BCUT2D eigenvalue weighted by molar-refractivity contribution is 4.71. The Balaban J connectivity index is 3.50. The van der Waals surface area contributed by atoms with Crippen molar-refractivity contribution in [3.05, 3.63) is 0 Å². The molecule has 3 atom stereocenters. The lowest BCUT2D eigenvalue weighted by Crippen LogP contribution is -2.41. The van der Waals surface area contributed by atoms with Gasteiger partial charge in [-0.15, -0.1) is 0 Å². The first-order valence-electron chi connectivity index (χ1n) is 5.87. The molecule has 0 aliphatic heterocycles. The van der Waals surface area contributed by atoms with Crippen molar-refractivity contribution in [2.45, 2.75) is 72.1 Å². The molecule has 0 aromatic carbocycles. The van der Waals surface area contributed by atoms with E-state index in [1.165, 1.54) is 19.3 Å². The minimum Gasteiger partial charge on any atom is -0.392 e. The minimum atomic E-state index is -0.262. The third-order valence-corrected chi connectivity index (χ3v) is 2.69. The minimum absolute atomic E-state index is 0.198. The van der Waals surface area contributed by atoms with Crippen molar-refractivity contribution in [2.24, 2.45) is 5.92 Å². The van der Waals surface area contributed by atoms with E-state index in [2.05, 4.69) is 26.1 Å². The lowest BCUT2D eigenvalue weighted by Gasteiger charge is -2.22. The van der Waals surface area contributed by atoms with Crippen LogP contribution in [-0.4, -0.2) is 23.3 Å². The number of rotatable bonds is 7. The maximum absolute atomic E-state index is 9.32. The van der Waals surface area contributed by atoms with E-state index in [1.54, 1.807) is 0 Å². The molecule has 0 aromatic heterocycles. The molecule has 0 saturated heterocycles. The largest absolute Gasteiger partial charge is 0.392 e. The van der Waals surface area contributed by atoms with Gasteiger partial charge in [0.1, 0.15) is 0 Å². The van der Waals surface area contributed by atoms with Crippen LogP contribution in [0.2, 0.25) is 0 Å². The lowest BCUT2D eigenvalue weighted by molar-refractivity contribution is 0.145. The van der Waals surface area contributed by atoms with Crippen LogP contribution in [0.4, 0.5) is 0 Å². The molecule has 86 valence electrons. The van der Waals surface area contributed by atoms with E-state index in [0.29, 0.717) is 6.04 Å². The third-order valence-electron chi connectivity index (χ3n) is 2.69. The van der Waals surface area contributed by atoms with Crippen LogP contribution in [0.15, 0.2) is 0 Å². The highest BCUT2D eigenvalue weighted by atomic mass is 16.3. The van der Waals surface area contributed by atoms with Crippen LogP contribution in [0, 0.1) is 5.92 Å². The van der Waals surface area contributed by atoms with Gasteiger partial charge in [-0.2, -0.15) is 0 Å². The van der Waals surface area contributed by atoms with Gasteiger partial charge in [0.2, 0.25) is 0 Å². The first-order valence-corrected chi connectivity index (χ1v) is 5.87. The maximum Gasteiger partial charge on any atom is 0.0662 e. The molecular weight excluding hydrogens is 174 g/mol. The predicted molar refractivity (Wildman–Crippen MR) is 62.4 cm³/mol. The summed E-state index contributed by atoms with van der Waals surface area (Å²) in [5, 5.41) is 12.7. The predicted octanol–water partition coefficient (Wildman–Crippen LogP) is 2.56. The number of nitrogens with one attached hydrogen (secondary N) is 1. The first kappa shape index (κ1) is 13.9. The molecule has 0 aliphatic carbocycles. The fourth-order valence-electron chi connectivity index (χ4n) is 1.50. The molecule has 0 amide bonds. The molecular formula is C12H27NO. The fraction of sp³-hybridized carbons (Fsp3) is 1.00. The van der Waals surface area contributed by atoms with Crippen LogP contribution >= 0.6 is 0 Å². The van der Waals surface area contributed by atoms with E-state index in [9.17, 15) is 5.11 Å². The molecule has 0 radical (unpaired) electrons. The Bertz CT molecular complexity index is 134. The third kappa shape index (κ3) is 7.34. The van der Waals surface area contributed by atoms with E-state index in [-0.39, 0.29) is 12.1 Å². The van der Waals surface area contributed by atoms with Crippen LogP contribution in [0.1, 0.15) is 53.9 Å². The van der Waals surface area contributed by atoms with Gasteiger partial charge < -0.3 is 10.4 Å². The second kappa shape index (κ2) is 7.24. The molecule has 0 rings (SSSR count). The number of hydrogen-bond acceptors (Lipinski definition) is 2. The smallest absolute Gasteiger partial charge is 0.0662 e. The standard InChI is InChI=1S/C12H27NO/c1-9(2)7-6-8-10(3)13-11(4)12(5)14/h9-14H,6-8H2,1-5H3. The Labute approximate surface area is 89.1 Å². The Morgan fingerprint density at radius 2 is 1.57 bits per heavy atom. The van der Waals surface area contributed by atoms with Crippen molar-refractivity contribution in [1.82, 2.24) is 5.32 Å². The van der Waals surface area contributed by atoms with Crippen molar-refractivity contribution >= 4 is 0 Å². The second-order valence-electron chi connectivity index (χ2n) is 4.92. The average molecular weight is 201 g/mol. The quantitative estimate of drug-likeness (QED) is 0.663. The second-order valence-corrected chi connectivity index (χ2v) is 4.92. The van der Waals surface area contributed by atoms with Crippen molar-refractivity contribution < 1.29 is 5.11 Å². The summed E-state index contributed by atoms with van der Waals surface area (Å²) >= 11 is 0. The number of hydrogen-bond donors (Lipinski definition) is 2. The van der Waals surface area contributed by atoms with E-state index in [4.69, 9.17) is 0 Å². The summed E-state index contributed by atoms with van der Waals surface area (Å²) in [6.45, 7) is 10.6. The van der Waals surface area contributed by atoms with Crippen molar-refractivity contribution in [1.29, 1.82) is 0 Å². The number of aliphatic hydroxyl groups is 1. The molecule has 0 aromatic rings. The SMILES string of the molecule is CC(C)CCCC(C)NC(C)C(C)O. The average Bonchev–Trinajstić information content (AvgIpc) is 2.02. The maximum atomic E-state index is 9.32. The molecule has 2 nitrogen and oxygen atoms in total. The molecule has 3 unspecified atom stereocenters. The van der Waals surface area contributed by atoms with Crippen molar-refractivity contribution in [3.8, 4) is 0 Å². The number of aliphatic hydroxyl groups excluding tert-OH is 1. The molecule has 0 saturated carbocycles. The highest BCUT2D eigenvalue weighted by Crippen LogP contribution is 2.08. The van der Waals surface area contributed by atoms with Crippen LogP contribution in [-0.2, 0) is 0 Å². The van der Waals surface area contributed by atoms with Crippen LogP contribution in [0.3, 0.4) is 0 Å². The van der Waals surface area contributed by atoms with Gasteiger partial charge >= 0.3 is 0 Å². The molecule has 0 aliphatic rings. The molecule has 2 N–H and O–H groups in total. The summed E-state index contributed by atoms with van der Waals surface area (Å²) in [5.74, 6) is 0.802. The van der Waals surface area contributed by atoms with Gasteiger partial charge in [0.25, 0.3) is 0 Å². The molecule has 14 heavy (non-hydrogen) atoms. The Hall–Kier alpha value is -0.0800. The molecule has 2 heteroatoms. The molecule has 0 heterocycles. The molecule has 0 fully saturated rings. The first-order chi connectivity index (χ1) is 6.43. The van der Waals surface area contributed by atoms with E-state index in [0.717, 1.165) is 5.92 Å². The van der Waals surface area contributed by atoms with E-state index in [1.807, 2.05) is 13.8 Å². The summed E-state index contributed by atoms with van der Waals surface area (Å²) < 4.78 is 0. The normalized spacial score (nSPS) is 18.2. The van der Waals surface area contributed by atoms with Gasteiger partial charge in [0.15, 0.2) is 0 Å². The monoisotopic (exact) mass is 201 g/mol. The highest BCUT2D eigenvalue weighted by Gasteiger charge is 2.11. The Kier molecular flexibility index (Phi) is 7.20. The summed E-state index contributed by atoms with van der Waals surface area (Å²) in [7, 11) is 0. The molecule has 0 bridgehead atoms. The van der Waals surface area contributed by atoms with Crippen molar-refractivity contribution in [3.63, 3.8) is 0 Å². The fourth-order valence-corrected chi connectivity index (χ4v) is 1.50. The van der Waals surface area contributed by atoms with Gasteiger partial charge in [-0.25, -0.2) is 0 Å². The van der Waals surface area contributed by atoms with Gasteiger partial charge in [-0.05, 0) is 33.1 Å². The topological polar surface area (TPSA) is 32.3 Å². The van der Waals surface area contributed by atoms with E-state index < -0.39 is 0 Å². The van der Waals surface area contributed by atoms with Crippen LogP contribution in [0.5, 0.6) is 0 Å². The summed E-state index contributed by atoms with van der Waals surface area (Å²) in [5.41, 5.74) is 0. The molecule has 0 spiro atoms.